The van der Waals surface area contributed by atoms with Crippen LogP contribution in [0.4, 0.5) is 5.69 Å². The van der Waals surface area contributed by atoms with Crippen LogP contribution < -0.4 is 4.90 Å². The highest BCUT2D eigenvalue weighted by molar-refractivity contribution is 9.10. The lowest BCUT2D eigenvalue weighted by molar-refractivity contribution is 0.0992. The van der Waals surface area contributed by atoms with E-state index in [1.807, 2.05) is 24.3 Å². The van der Waals surface area contributed by atoms with Gasteiger partial charge in [0, 0.05) is 18.3 Å². The number of hydrogen-bond donors (Lipinski definition) is 1. The number of rotatable bonds is 3. The molecule has 0 saturated heterocycles. The Bertz CT molecular complexity index is 623. The third-order valence-electron chi connectivity index (χ3n) is 3.23. The Hall–Kier alpha value is -1.81. The van der Waals surface area contributed by atoms with Gasteiger partial charge in [0.05, 0.1) is 4.47 Å². The van der Waals surface area contributed by atoms with Crippen molar-refractivity contribution in [3.8, 4) is 5.75 Å². The first-order chi connectivity index (χ1) is 9.52. The van der Waals surface area contributed by atoms with Gasteiger partial charge in [0.2, 0.25) is 0 Å². The summed E-state index contributed by atoms with van der Waals surface area (Å²) in [5.74, 6) is -0.0948. The lowest BCUT2D eigenvalue weighted by Gasteiger charge is -2.18. The maximum Gasteiger partial charge on any atom is 0.258 e. The zero-order valence-corrected chi connectivity index (χ0v) is 13.0. The van der Waals surface area contributed by atoms with Gasteiger partial charge >= 0.3 is 0 Å². The van der Waals surface area contributed by atoms with Crippen LogP contribution in [0.5, 0.6) is 5.75 Å². The summed E-state index contributed by atoms with van der Waals surface area (Å²) in [5, 5.41) is 9.65. The van der Waals surface area contributed by atoms with Crippen LogP contribution in [0.15, 0.2) is 46.9 Å². The van der Waals surface area contributed by atoms with E-state index in [0.29, 0.717) is 10.0 Å². The minimum atomic E-state index is -0.156. The van der Waals surface area contributed by atoms with Crippen LogP contribution >= 0.6 is 15.9 Å². The van der Waals surface area contributed by atoms with E-state index in [2.05, 4.69) is 22.9 Å². The molecule has 1 amide bonds. The van der Waals surface area contributed by atoms with E-state index >= 15 is 0 Å². The van der Waals surface area contributed by atoms with Crippen molar-refractivity contribution >= 4 is 27.5 Å². The van der Waals surface area contributed by atoms with Gasteiger partial charge in [-0.25, -0.2) is 0 Å². The molecule has 0 fully saturated rings. The molecule has 0 unspecified atom stereocenters. The highest BCUT2D eigenvalue weighted by Crippen LogP contribution is 2.25. The minimum Gasteiger partial charge on any atom is -0.507 e. The van der Waals surface area contributed by atoms with E-state index in [1.165, 1.54) is 11.6 Å². The van der Waals surface area contributed by atoms with E-state index < -0.39 is 0 Å². The Balaban J connectivity index is 2.24. The zero-order valence-electron chi connectivity index (χ0n) is 11.4. The molecule has 2 aromatic carbocycles. The average molecular weight is 334 g/mol. The Labute approximate surface area is 127 Å². The molecule has 0 bridgehead atoms. The molecule has 0 spiro atoms. The second kappa shape index (κ2) is 6.09. The molecule has 4 heteroatoms. The Morgan fingerprint density at radius 2 is 1.85 bits per heavy atom. The van der Waals surface area contributed by atoms with Gasteiger partial charge in [-0.1, -0.05) is 19.1 Å². The van der Waals surface area contributed by atoms with Gasteiger partial charge in [-0.15, -0.1) is 0 Å². The highest BCUT2D eigenvalue weighted by atomic mass is 79.9. The summed E-state index contributed by atoms with van der Waals surface area (Å²) >= 11 is 3.20. The maximum atomic E-state index is 12.4. The van der Waals surface area contributed by atoms with Gasteiger partial charge in [0.25, 0.3) is 5.91 Å². The van der Waals surface area contributed by atoms with Crippen LogP contribution in [-0.2, 0) is 6.42 Å². The summed E-state index contributed by atoms with van der Waals surface area (Å²) in [4.78, 5) is 13.9. The van der Waals surface area contributed by atoms with E-state index in [4.69, 9.17) is 0 Å². The Morgan fingerprint density at radius 1 is 1.20 bits per heavy atom. The smallest absolute Gasteiger partial charge is 0.258 e. The van der Waals surface area contributed by atoms with Crippen molar-refractivity contribution in [2.45, 2.75) is 13.3 Å². The van der Waals surface area contributed by atoms with E-state index in [0.717, 1.165) is 12.1 Å². The maximum absolute atomic E-state index is 12.4. The first-order valence-corrected chi connectivity index (χ1v) is 7.17. The number of amides is 1. The molecule has 1 N–H and O–H groups in total. The third-order valence-corrected chi connectivity index (χ3v) is 3.90. The molecule has 0 aliphatic carbocycles. The number of nitrogens with zero attached hydrogens (tertiary/aromatic N) is 1. The Kier molecular flexibility index (Phi) is 4.45. The molecule has 2 rings (SSSR count). The topological polar surface area (TPSA) is 40.5 Å². The fourth-order valence-corrected chi connectivity index (χ4v) is 2.16. The van der Waals surface area contributed by atoms with Crippen LogP contribution in [0.25, 0.3) is 0 Å². The van der Waals surface area contributed by atoms with Gasteiger partial charge in [0.1, 0.15) is 5.75 Å². The van der Waals surface area contributed by atoms with Crippen molar-refractivity contribution in [3.63, 3.8) is 0 Å². The molecule has 0 aromatic heterocycles. The van der Waals surface area contributed by atoms with Crippen LogP contribution in [0.2, 0.25) is 0 Å². The summed E-state index contributed by atoms with van der Waals surface area (Å²) in [6.45, 7) is 2.09. The minimum absolute atomic E-state index is 0.0607. The molecular formula is C16H16BrNO2. The lowest BCUT2D eigenvalue weighted by Crippen LogP contribution is -2.26. The van der Waals surface area contributed by atoms with Crippen molar-refractivity contribution in [1.82, 2.24) is 0 Å². The number of carbonyl (C=O) groups excluding carboxylic acids is 1. The van der Waals surface area contributed by atoms with Crippen LogP contribution in [0.1, 0.15) is 22.8 Å². The number of anilines is 1. The first-order valence-electron chi connectivity index (χ1n) is 6.38. The SMILES string of the molecule is CCc1ccc(N(C)C(=O)c2ccc(Br)c(O)c2)cc1. The van der Waals surface area contributed by atoms with Gasteiger partial charge in [-0.3, -0.25) is 4.79 Å². The number of aromatic hydroxyl groups is 1. The molecular weight excluding hydrogens is 318 g/mol. The fourth-order valence-electron chi connectivity index (χ4n) is 1.91. The van der Waals surface area contributed by atoms with Gasteiger partial charge in [0.15, 0.2) is 0 Å². The van der Waals surface area contributed by atoms with Crippen molar-refractivity contribution in [2.24, 2.45) is 0 Å². The molecule has 0 aliphatic heterocycles. The predicted molar refractivity (Wildman–Crippen MR) is 84.4 cm³/mol. The lowest BCUT2D eigenvalue weighted by atomic mass is 10.1. The van der Waals surface area contributed by atoms with E-state index in [9.17, 15) is 9.90 Å². The molecule has 0 atom stereocenters. The summed E-state index contributed by atoms with van der Waals surface area (Å²) in [7, 11) is 1.72. The largest absolute Gasteiger partial charge is 0.507 e. The predicted octanol–water partition coefficient (Wildman–Crippen LogP) is 3.99. The summed E-state index contributed by atoms with van der Waals surface area (Å²) in [6, 6.07) is 12.7. The molecule has 3 nitrogen and oxygen atoms in total. The molecule has 0 radical (unpaired) electrons. The monoisotopic (exact) mass is 333 g/mol. The fraction of sp³-hybridized carbons (Fsp3) is 0.188. The zero-order chi connectivity index (χ0) is 14.7. The normalized spacial score (nSPS) is 10.3. The van der Waals surface area contributed by atoms with Crippen LogP contribution in [-0.4, -0.2) is 18.1 Å². The van der Waals surface area contributed by atoms with E-state index in [1.54, 1.807) is 24.1 Å². The average Bonchev–Trinajstić information content (AvgIpc) is 2.48. The molecule has 2 aromatic rings. The molecule has 0 heterocycles. The number of benzene rings is 2. The van der Waals surface area contributed by atoms with Crippen molar-refractivity contribution in [2.75, 3.05) is 11.9 Å². The third kappa shape index (κ3) is 3.02. The van der Waals surface area contributed by atoms with Crippen molar-refractivity contribution in [1.29, 1.82) is 0 Å². The summed E-state index contributed by atoms with van der Waals surface area (Å²) in [6.07, 6.45) is 0.971. The number of hydrogen-bond acceptors (Lipinski definition) is 2. The van der Waals surface area contributed by atoms with Gasteiger partial charge < -0.3 is 10.0 Å². The summed E-state index contributed by atoms with van der Waals surface area (Å²) in [5.41, 5.74) is 2.51. The number of phenolic OH excluding ortho intramolecular Hbond substituents is 1. The van der Waals surface area contributed by atoms with Gasteiger partial charge in [-0.2, -0.15) is 0 Å². The van der Waals surface area contributed by atoms with Crippen molar-refractivity contribution in [3.05, 3.63) is 58.1 Å². The second-order valence-electron chi connectivity index (χ2n) is 4.55. The quantitative estimate of drug-likeness (QED) is 0.922. The van der Waals surface area contributed by atoms with Gasteiger partial charge in [-0.05, 0) is 58.2 Å². The number of carbonyl (C=O) groups is 1. The summed E-state index contributed by atoms with van der Waals surface area (Å²) < 4.78 is 0.573. The molecule has 20 heavy (non-hydrogen) atoms. The standard InChI is InChI=1S/C16H16BrNO2/c1-3-11-4-7-13(8-5-11)18(2)16(20)12-6-9-14(17)15(19)10-12/h4-10,19H,3H2,1-2H3. The molecule has 104 valence electrons. The number of phenols is 1. The molecule has 0 saturated carbocycles. The first kappa shape index (κ1) is 14.6. The van der Waals surface area contributed by atoms with Crippen LogP contribution in [0.3, 0.4) is 0 Å². The molecule has 0 aliphatic rings. The highest BCUT2D eigenvalue weighted by Gasteiger charge is 2.14. The van der Waals surface area contributed by atoms with E-state index in [-0.39, 0.29) is 11.7 Å². The number of aryl methyl sites for hydroxylation is 1. The van der Waals surface area contributed by atoms with Crippen molar-refractivity contribution < 1.29 is 9.90 Å². The Morgan fingerprint density at radius 3 is 2.40 bits per heavy atom. The van der Waals surface area contributed by atoms with Crippen LogP contribution in [0, 0.1) is 0 Å². The number of halogens is 1. The second-order valence-corrected chi connectivity index (χ2v) is 5.40.